The summed E-state index contributed by atoms with van der Waals surface area (Å²) in [5.41, 5.74) is 3.80. The number of anilines is 1. The number of nitrogens with zero attached hydrogens (tertiary/aromatic N) is 4. The molecule has 0 saturated carbocycles. The van der Waals surface area contributed by atoms with Gasteiger partial charge in [0.25, 0.3) is 5.91 Å². The van der Waals surface area contributed by atoms with E-state index in [2.05, 4.69) is 15.3 Å². The highest BCUT2D eigenvalue weighted by atomic mass is 16.1. The van der Waals surface area contributed by atoms with Gasteiger partial charge in [0.2, 0.25) is 0 Å². The third-order valence-electron chi connectivity index (χ3n) is 3.97. The Hall–Kier alpha value is -3.54. The second-order valence-electron chi connectivity index (χ2n) is 5.61. The smallest absolute Gasteiger partial charge is 0.275 e. The molecule has 1 amide bonds. The molecule has 0 spiro atoms. The normalized spacial score (nSPS) is 10.8. The quantitative estimate of drug-likeness (QED) is 0.626. The molecule has 0 radical (unpaired) electrons. The fraction of sp³-hybridized carbons (Fsp3) is 0.0526. The van der Waals surface area contributed by atoms with Gasteiger partial charge < -0.3 is 9.88 Å². The predicted molar refractivity (Wildman–Crippen MR) is 96.1 cm³/mol. The van der Waals surface area contributed by atoms with E-state index in [4.69, 9.17) is 4.98 Å². The van der Waals surface area contributed by atoms with E-state index in [1.165, 1.54) is 18.6 Å². The summed E-state index contributed by atoms with van der Waals surface area (Å²) in [6.07, 6.45) is 4.45. The number of nitrogens with one attached hydrogen (secondary N) is 1. The molecule has 0 aliphatic heterocycles. The number of aryl methyl sites for hydroxylation is 1. The molecule has 4 aromatic rings. The van der Waals surface area contributed by atoms with Gasteiger partial charge in [-0.25, -0.2) is 9.97 Å². The first kappa shape index (κ1) is 15.0. The van der Waals surface area contributed by atoms with Crippen LogP contribution in [0.25, 0.3) is 22.4 Å². The second-order valence-corrected chi connectivity index (χ2v) is 5.61. The maximum absolute atomic E-state index is 12.2. The fourth-order valence-electron chi connectivity index (χ4n) is 2.73. The first-order valence-corrected chi connectivity index (χ1v) is 7.81. The molecule has 0 unspecified atom stereocenters. The van der Waals surface area contributed by atoms with E-state index >= 15 is 0 Å². The molecule has 6 heteroatoms. The summed E-state index contributed by atoms with van der Waals surface area (Å²) in [6.45, 7) is 0. The van der Waals surface area contributed by atoms with Crippen molar-refractivity contribution in [2.24, 2.45) is 7.05 Å². The van der Waals surface area contributed by atoms with Crippen molar-refractivity contribution in [2.45, 2.75) is 0 Å². The molecule has 25 heavy (non-hydrogen) atoms. The van der Waals surface area contributed by atoms with Crippen LogP contribution in [-0.4, -0.2) is 25.4 Å². The van der Waals surface area contributed by atoms with Gasteiger partial charge in [-0.3, -0.25) is 9.78 Å². The second kappa shape index (κ2) is 6.16. The lowest BCUT2D eigenvalue weighted by Crippen LogP contribution is -2.13. The summed E-state index contributed by atoms with van der Waals surface area (Å²) < 4.78 is 2.04. The number of hydrogen-bond acceptors (Lipinski definition) is 4. The van der Waals surface area contributed by atoms with Crippen LogP contribution < -0.4 is 5.32 Å². The highest BCUT2D eigenvalue weighted by Crippen LogP contribution is 2.25. The molecule has 0 saturated heterocycles. The largest absolute Gasteiger partial charge is 0.327 e. The molecule has 1 N–H and O–H groups in total. The van der Waals surface area contributed by atoms with Crippen molar-refractivity contribution in [3.63, 3.8) is 0 Å². The van der Waals surface area contributed by atoms with E-state index < -0.39 is 0 Å². The van der Waals surface area contributed by atoms with Gasteiger partial charge in [0.15, 0.2) is 0 Å². The number of rotatable bonds is 3. The Labute approximate surface area is 144 Å². The lowest BCUT2D eigenvalue weighted by molar-refractivity contribution is 0.102. The fourth-order valence-corrected chi connectivity index (χ4v) is 2.73. The number of carbonyl (C=O) groups is 1. The first-order valence-electron chi connectivity index (χ1n) is 7.81. The highest BCUT2D eigenvalue weighted by molar-refractivity contribution is 6.03. The Morgan fingerprint density at radius 2 is 1.92 bits per heavy atom. The topological polar surface area (TPSA) is 72.7 Å². The van der Waals surface area contributed by atoms with Crippen molar-refractivity contribution in [1.82, 2.24) is 19.5 Å². The van der Waals surface area contributed by atoms with Crippen LogP contribution in [0.1, 0.15) is 10.5 Å². The summed E-state index contributed by atoms with van der Waals surface area (Å²) in [4.78, 5) is 24.8. The number of benzene rings is 2. The predicted octanol–water partition coefficient (Wildman–Crippen LogP) is 3.28. The van der Waals surface area contributed by atoms with Crippen LogP contribution in [0, 0.1) is 0 Å². The minimum Gasteiger partial charge on any atom is -0.327 e. The SMILES string of the molecule is Cn1c(-c2ccccc2)nc2cc(NC(=O)c3cnccn3)ccc21. The molecular weight excluding hydrogens is 314 g/mol. The molecule has 0 fully saturated rings. The number of carbonyl (C=O) groups excluding carboxylic acids is 1. The lowest BCUT2D eigenvalue weighted by atomic mass is 10.2. The standard InChI is InChI=1S/C19H15N5O/c1-24-17-8-7-14(22-19(25)16-12-20-9-10-21-16)11-15(17)23-18(24)13-5-3-2-4-6-13/h2-12H,1H3,(H,22,25). The van der Waals surface area contributed by atoms with Gasteiger partial charge in [0, 0.05) is 30.7 Å². The molecule has 0 aliphatic carbocycles. The van der Waals surface area contributed by atoms with Crippen molar-refractivity contribution < 1.29 is 4.79 Å². The Morgan fingerprint density at radius 1 is 1.08 bits per heavy atom. The zero-order valence-corrected chi connectivity index (χ0v) is 13.5. The van der Waals surface area contributed by atoms with Crippen LogP contribution in [0.4, 0.5) is 5.69 Å². The van der Waals surface area contributed by atoms with E-state index in [9.17, 15) is 4.79 Å². The maximum atomic E-state index is 12.2. The molecule has 122 valence electrons. The Bertz CT molecular complexity index is 1040. The van der Waals surface area contributed by atoms with Gasteiger partial charge in [-0.2, -0.15) is 0 Å². The van der Waals surface area contributed by atoms with Gasteiger partial charge in [0.1, 0.15) is 11.5 Å². The minimum atomic E-state index is -0.299. The number of aromatic nitrogens is 4. The average molecular weight is 329 g/mol. The summed E-state index contributed by atoms with van der Waals surface area (Å²) >= 11 is 0. The van der Waals surface area contributed by atoms with E-state index in [1.807, 2.05) is 60.1 Å². The lowest BCUT2D eigenvalue weighted by Gasteiger charge is -2.04. The third kappa shape index (κ3) is 2.85. The molecule has 0 aliphatic rings. The third-order valence-corrected chi connectivity index (χ3v) is 3.97. The van der Waals surface area contributed by atoms with Crippen molar-refractivity contribution in [2.75, 3.05) is 5.32 Å². The summed E-state index contributed by atoms with van der Waals surface area (Å²) in [5, 5.41) is 2.83. The number of hydrogen-bond donors (Lipinski definition) is 1. The molecular formula is C19H15N5O. The molecule has 2 heterocycles. The van der Waals surface area contributed by atoms with Gasteiger partial charge >= 0.3 is 0 Å². The van der Waals surface area contributed by atoms with E-state index in [-0.39, 0.29) is 11.6 Å². The van der Waals surface area contributed by atoms with E-state index in [0.29, 0.717) is 5.69 Å². The summed E-state index contributed by atoms with van der Waals surface area (Å²) in [6, 6.07) is 15.7. The zero-order valence-electron chi connectivity index (χ0n) is 13.5. The minimum absolute atomic E-state index is 0.272. The molecule has 2 aromatic carbocycles. The maximum Gasteiger partial charge on any atom is 0.275 e. The molecule has 4 rings (SSSR count). The van der Waals surface area contributed by atoms with Crippen LogP contribution in [-0.2, 0) is 7.05 Å². The van der Waals surface area contributed by atoms with Gasteiger partial charge in [-0.15, -0.1) is 0 Å². The monoisotopic (exact) mass is 329 g/mol. The van der Waals surface area contributed by atoms with Gasteiger partial charge in [-0.05, 0) is 18.2 Å². The molecule has 2 aromatic heterocycles. The van der Waals surface area contributed by atoms with E-state index in [0.717, 1.165) is 22.4 Å². The molecule has 6 nitrogen and oxygen atoms in total. The average Bonchev–Trinajstić information content (AvgIpc) is 2.99. The Kier molecular flexibility index (Phi) is 3.70. The summed E-state index contributed by atoms with van der Waals surface area (Å²) in [5.74, 6) is 0.583. The number of imidazole rings is 1. The highest BCUT2D eigenvalue weighted by Gasteiger charge is 2.12. The van der Waals surface area contributed by atoms with Gasteiger partial charge in [-0.1, -0.05) is 30.3 Å². The van der Waals surface area contributed by atoms with Crippen molar-refractivity contribution in [3.05, 3.63) is 72.8 Å². The van der Waals surface area contributed by atoms with Crippen LogP contribution in [0.5, 0.6) is 0 Å². The zero-order chi connectivity index (χ0) is 17.2. The van der Waals surface area contributed by atoms with Gasteiger partial charge in [0.05, 0.1) is 17.2 Å². The van der Waals surface area contributed by atoms with Crippen LogP contribution in [0.2, 0.25) is 0 Å². The van der Waals surface area contributed by atoms with Crippen LogP contribution >= 0.6 is 0 Å². The summed E-state index contributed by atoms with van der Waals surface area (Å²) in [7, 11) is 1.98. The molecule has 0 atom stereocenters. The Morgan fingerprint density at radius 3 is 2.68 bits per heavy atom. The first-order chi connectivity index (χ1) is 12.2. The number of fused-ring (bicyclic) bond motifs is 1. The number of amides is 1. The van der Waals surface area contributed by atoms with Crippen molar-refractivity contribution in [1.29, 1.82) is 0 Å². The van der Waals surface area contributed by atoms with Crippen LogP contribution in [0.15, 0.2) is 67.1 Å². The van der Waals surface area contributed by atoms with E-state index in [1.54, 1.807) is 0 Å². The van der Waals surface area contributed by atoms with Crippen molar-refractivity contribution in [3.8, 4) is 11.4 Å². The molecule has 0 bridgehead atoms. The Balaban J connectivity index is 1.68. The van der Waals surface area contributed by atoms with Crippen LogP contribution in [0.3, 0.4) is 0 Å². The van der Waals surface area contributed by atoms with Crippen molar-refractivity contribution >= 4 is 22.6 Å².